The summed E-state index contributed by atoms with van der Waals surface area (Å²) in [5.74, 6) is 0.0497. The smallest absolute Gasteiger partial charge is 0.256 e. The van der Waals surface area contributed by atoms with Gasteiger partial charge in [-0.25, -0.2) is 4.98 Å². The number of aryl methyl sites for hydroxylation is 1. The SMILES string of the molecule is CCc1ccc(NC(=O)CSc2nc3c(c(=O)[nH]2)CN(Cc2ccc(Cl)cc2)CC3)cc1. The van der Waals surface area contributed by atoms with E-state index in [9.17, 15) is 9.59 Å². The molecule has 0 bridgehead atoms. The summed E-state index contributed by atoms with van der Waals surface area (Å²) in [7, 11) is 0. The number of fused-ring (bicyclic) bond motifs is 1. The van der Waals surface area contributed by atoms with E-state index in [1.54, 1.807) is 0 Å². The molecule has 8 heteroatoms. The highest BCUT2D eigenvalue weighted by Crippen LogP contribution is 2.20. The molecule has 1 aromatic heterocycles. The van der Waals surface area contributed by atoms with Crippen LogP contribution in [-0.2, 0) is 30.7 Å². The first-order chi connectivity index (χ1) is 15.5. The Morgan fingerprint density at radius 3 is 2.59 bits per heavy atom. The lowest BCUT2D eigenvalue weighted by Gasteiger charge is -2.27. The summed E-state index contributed by atoms with van der Waals surface area (Å²) in [4.78, 5) is 34.6. The van der Waals surface area contributed by atoms with Crippen molar-refractivity contribution in [2.75, 3.05) is 17.6 Å². The molecule has 6 nitrogen and oxygen atoms in total. The van der Waals surface area contributed by atoms with Crippen LogP contribution in [0.3, 0.4) is 0 Å². The normalized spacial score (nSPS) is 13.6. The number of rotatable bonds is 7. The fourth-order valence-electron chi connectivity index (χ4n) is 3.66. The quantitative estimate of drug-likeness (QED) is 0.400. The summed E-state index contributed by atoms with van der Waals surface area (Å²) >= 11 is 7.20. The van der Waals surface area contributed by atoms with E-state index in [-0.39, 0.29) is 17.2 Å². The predicted molar refractivity (Wildman–Crippen MR) is 129 cm³/mol. The molecule has 2 aromatic carbocycles. The number of carbonyl (C=O) groups is 1. The summed E-state index contributed by atoms with van der Waals surface area (Å²) in [5, 5.41) is 4.08. The van der Waals surface area contributed by atoms with Crippen molar-refractivity contribution in [3.63, 3.8) is 0 Å². The standard InChI is InChI=1S/C24H25ClN4O2S/c1-2-16-5-9-19(10-6-16)26-22(30)15-32-24-27-21-11-12-29(14-20(21)23(31)28-24)13-17-3-7-18(25)8-4-17/h3-10H,2,11-15H2,1H3,(H,26,30)(H,27,28,31). The molecular weight excluding hydrogens is 444 g/mol. The number of aromatic nitrogens is 2. The zero-order chi connectivity index (χ0) is 22.5. The van der Waals surface area contributed by atoms with Crippen LogP contribution >= 0.6 is 23.4 Å². The topological polar surface area (TPSA) is 78.1 Å². The van der Waals surface area contributed by atoms with Gasteiger partial charge in [-0.05, 0) is 41.8 Å². The van der Waals surface area contributed by atoms with E-state index in [1.807, 2.05) is 48.5 Å². The molecule has 0 unspecified atom stereocenters. The second kappa shape index (κ2) is 10.3. The maximum atomic E-state index is 12.7. The zero-order valence-electron chi connectivity index (χ0n) is 17.9. The number of benzene rings is 2. The van der Waals surface area contributed by atoms with E-state index in [4.69, 9.17) is 11.6 Å². The summed E-state index contributed by atoms with van der Waals surface area (Å²) in [6.45, 7) is 4.23. The molecule has 2 N–H and O–H groups in total. The van der Waals surface area contributed by atoms with Crippen molar-refractivity contribution < 1.29 is 4.79 Å². The number of nitrogens with zero attached hydrogens (tertiary/aromatic N) is 2. The van der Waals surface area contributed by atoms with Crippen LogP contribution in [0, 0.1) is 0 Å². The number of nitrogens with one attached hydrogen (secondary N) is 2. The van der Waals surface area contributed by atoms with Gasteiger partial charge >= 0.3 is 0 Å². The molecule has 0 radical (unpaired) electrons. The molecule has 0 spiro atoms. The number of thioether (sulfide) groups is 1. The fourth-order valence-corrected chi connectivity index (χ4v) is 4.47. The zero-order valence-corrected chi connectivity index (χ0v) is 19.4. The highest BCUT2D eigenvalue weighted by Gasteiger charge is 2.21. The maximum absolute atomic E-state index is 12.7. The summed E-state index contributed by atoms with van der Waals surface area (Å²) in [6, 6.07) is 15.6. The molecule has 0 saturated carbocycles. The summed E-state index contributed by atoms with van der Waals surface area (Å²) in [5.41, 5.74) is 4.54. The number of halogens is 1. The van der Waals surface area contributed by atoms with Gasteiger partial charge in [0.15, 0.2) is 5.16 Å². The average Bonchev–Trinajstić information content (AvgIpc) is 2.80. The van der Waals surface area contributed by atoms with E-state index in [0.717, 1.165) is 36.5 Å². The van der Waals surface area contributed by atoms with Crippen molar-refractivity contribution in [3.05, 3.63) is 86.3 Å². The first kappa shape index (κ1) is 22.6. The molecule has 1 aliphatic heterocycles. The van der Waals surface area contributed by atoms with E-state index in [2.05, 4.69) is 27.1 Å². The molecule has 32 heavy (non-hydrogen) atoms. The first-order valence-electron chi connectivity index (χ1n) is 10.6. The van der Waals surface area contributed by atoms with Crippen molar-refractivity contribution in [2.24, 2.45) is 0 Å². The molecule has 3 aromatic rings. The molecule has 0 saturated heterocycles. The van der Waals surface area contributed by atoms with Crippen LogP contribution in [0.2, 0.25) is 5.02 Å². The van der Waals surface area contributed by atoms with E-state index in [1.165, 1.54) is 17.3 Å². The monoisotopic (exact) mass is 468 g/mol. The third-order valence-electron chi connectivity index (χ3n) is 5.43. The second-order valence-electron chi connectivity index (χ2n) is 7.77. The third kappa shape index (κ3) is 5.79. The van der Waals surface area contributed by atoms with Crippen molar-refractivity contribution in [3.8, 4) is 0 Å². The van der Waals surface area contributed by atoms with E-state index >= 15 is 0 Å². The van der Waals surface area contributed by atoms with Gasteiger partial charge in [-0.15, -0.1) is 0 Å². The second-order valence-corrected chi connectivity index (χ2v) is 9.17. The molecular formula is C24H25ClN4O2S. The molecule has 0 fully saturated rings. The van der Waals surface area contributed by atoms with Crippen LogP contribution in [0.25, 0.3) is 0 Å². The van der Waals surface area contributed by atoms with Crippen molar-refractivity contribution in [1.82, 2.24) is 14.9 Å². The van der Waals surface area contributed by atoms with Gasteiger partial charge in [0.05, 0.1) is 17.0 Å². The number of amides is 1. The minimum Gasteiger partial charge on any atom is -0.325 e. The van der Waals surface area contributed by atoms with Gasteiger partial charge in [0.2, 0.25) is 5.91 Å². The van der Waals surface area contributed by atoms with Crippen LogP contribution in [0.5, 0.6) is 0 Å². The lowest BCUT2D eigenvalue weighted by atomic mass is 10.1. The van der Waals surface area contributed by atoms with Crippen molar-refractivity contribution >= 4 is 35.0 Å². The van der Waals surface area contributed by atoms with Crippen molar-refractivity contribution in [2.45, 2.75) is 38.0 Å². The Bertz CT molecular complexity index is 1150. The molecule has 0 atom stereocenters. The van der Waals surface area contributed by atoms with Crippen LogP contribution in [0.4, 0.5) is 5.69 Å². The van der Waals surface area contributed by atoms with Gasteiger partial charge in [-0.2, -0.15) is 0 Å². The number of hydrogen-bond donors (Lipinski definition) is 2. The van der Waals surface area contributed by atoms with Crippen LogP contribution in [-0.4, -0.2) is 33.1 Å². The Kier molecular flexibility index (Phi) is 7.29. The molecule has 1 amide bonds. The van der Waals surface area contributed by atoms with Crippen molar-refractivity contribution in [1.29, 1.82) is 0 Å². The number of aromatic amines is 1. The molecule has 0 aliphatic carbocycles. The lowest BCUT2D eigenvalue weighted by Crippen LogP contribution is -2.35. The minimum absolute atomic E-state index is 0.131. The molecule has 4 rings (SSSR count). The molecule has 1 aliphatic rings. The Hall–Kier alpha value is -2.61. The summed E-state index contributed by atoms with van der Waals surface area (Å²) in [6.07, 6.45) is 1.66. The van der Waals surface area contributed by atoms with E-state index < -0.39 is 0 Å². The summed E-state index contributed by atoms with van der Waals surface area (Å²) < 4.78 is 0. The van der Waals surface area contributed by atoms with Crippen LogP contribution < -0.4 is 10.9 Å². The Morgan fingerprint density at radius 1 is 1.16 bits per heavy atom. The minimum atomic E-state index is -0.131. The average molecular weight is 469 g/mol. The Morgan fingerprint density at radius 2 is 1.88 bits per heavy atom. The lowest BCUT2D eigenvalue weighted by molar-refractivity contribution is -0.113. The van der Waals surface area contributed by atoms with Crippen LogP contribution in [0.15, 0.2) is 58.5 Å². The number of H-pyrrole nitrogens is 1. The fraction of sp³-hybridized carbons (Fsp3) is 0.292. The number of hydrogen-bond acceptors (Lipinski definition) is 5. The number of carbonyl (C=O) groups excluding carboxylic acids is 1. The van der Waals surface area contributed by atoms with Gasteiger partial charge < -0.3 is 10.3 Å². The molecule has 2 heterocycles. The first-order valence-corrected chi connectivity index (χ1v) is 12.0. The highest BCUT2D eigenvalue weighted by molar-refractivity contribution is 7.99. The number of anilines is 1. The van der Waals surface area contributed by atoms with Gasteiger partial charge in [0.25, 0.3) is 5.56 Å². The van der Waals surface area contributed by atoms with Gasteiger partial charge in [-0.3, -0.25) is 14.5 Å². The maximum Gasteiger partial charge on any atom is 0.256 e. The van der Waals surface area contributed by atoms with Gasteiger partial charge in [0, 0.05) is 36.8 Å². The van der Waals surface area contributed by atoms with Gasteiger partial charge in [0.1, 0.15) is 0 Å². The largest absolute Gasteiger partial charge is 0.325 e. The Balaban J connectivity index is 1.34. The highest BCUT2D eigenvalue weighted by atomic mass is 35.5. The Labute approximate surface area is 196 Å². The van der Waals surface area contributed by atoms with Gasteiger partial charge in [-0.1, -0.05) is 54.6 Å². The molecule has 166 valence electrons. The predicted octanol–water partition coefficient (Wildman–Crippen LogP) is 4.27. The van der Waals surface area contributed by atoms with Crippen LogP contribution in [0.1, 0.15) is 29.3 Å². The van der Waals surface area contributed by atoms with E-state index in [0.29, 0.717) is 28.7 Å². The third-order valence-corrected chi connectivity index (χ3v) is 6.56.